The lowest BCUT2D eigenvalue weighted by Crippen LogP contribution is -2.45. The zero-order chi connectivity index (χ0) is 17.2. The number of esters is 1. The van der Waals surface area contributed by atoms with E-state index in [1.807, 2.05) is 45.0 Å². The van der Waals surface area contributed by atoms with Crippen molar-refractivity contribution in [2.24, 2.45) is 0 Å². The van der Waals surface area contributed by atoms with Crippen LogP contribution >= 0.6 is 0 Å². The standard InChI is InChI=1S/C20H30N2O2/c1-20(2,3)24-19(23)16-8-6-15(7-9-16)14-21-17-10-12-22-11-4-5-18(22)13-17/h6-9,17-18,21H,4-5,10-14H2,1-3H3/t17-,18+/m1/s1. The summed E-state index contributed by atoms with van der Waals surface area (Å²) in [7, 11) is 0. The molecule has 2 aliphatic rings. The van der Waals surface area contributed by atoms with Crippen LogP contribution in [0.2, 0.25) is 0 Å². The summed E-state index contributed by atoms with van der Waals surface area (Å²) in [5.74, 6) is -0.254. The number of hydrogen-bond donors (Lipinski definition) is 1. The number of hydrogen-bond acceptors (Lipinski definition) is 4. The molecule has 4 nitrogen and oxygen atoms in total. The molecule has 0 aromatic heterocycles. The van der Waals surface area contributed by atoms with Crippen LogP contribution < -0.4 is 5.32 Å². The smallest absolute Gasteiger partial charge is 0.338 e. The van der Waals surface area contributed by atoms with Gasteiger partial charge in [0.15, 0.2) is 0 Å². The monoisotopic (exact) mass is 330 g/mol. The van der Waals surface area contributed by atoms with Gasteiger partial charge >= 0.3 is 5.97 Å². The molecule has 1 aromatic rings. The second-order valence-corrected chi connectivity index (χ2v) is 8.13. The minimum Gasteiger partial charge on any atom is -0.456 e. The van der Waals surface area contributed by atoms with Gasteiger partial charge in [0.25, 0.3) is 0 Å². The molecule has 2 heterocycles. The van der Waals surface area contributed by atoms with Gasteiger partial charge in [-0.05, 0) is 77.2 Å². The lowest BCUT2D eigenvalue weighted by Gasteiger charge is -2.35. The Morgan fingerprint density at radius 2 is 1.96 bits per heavy atom. The first-order chi connectivity index (χ1) is 11.4. The molecule has 0 amide bonds. The number of carbonyl (C=O) groups excluding carboxylic acids is 1. The summed E-state index contributed by atoms with van der Waals surface area (Å²) in [6, 6.07) is 9.20. The molecule has 0 radical (unpaired) electrons. The van der Waals surface area contributed by atoms with E-state index >= 15 is 0 Å². The van der Waals surface area contributed by atoms with Gasteiger partial charge in [-0.3, -0.25) is 0 Å². The van der Waals surface area contributed by atoms with Crippen molar-refractivity contribution in [1.29, 1.82) is 0 Å². The first-order valence-corrected chi connectivity index (χ1v) is 9.20. The van der Waals surface area contributed by atoms with Gasteiger partial charge < -0.3 is 15.0 Å². The van der Waals surface area contributed by atoms with Crippen molar-refractivity contribution in [3.63, 3.8) is 0 Å². The fourth-order valence-corrected chi connectivity index (χ4v) is 3.77. The fourth-order valence-electron chi connectivity index (χ4n) is 3.77. The van der Waals surface area contributed by atoms with E-state index in [2.05, 4.69) is 10.2 Å². The highest BCUT2D eigenvalue weighted by molar-refractivity contribution is 5.89. The predicted octanol–water partition coefficient (Wildman–Crippen LogP) is 3.36. The van der Waals surface area contributed by atoms with Crippen molar-refractivity contribution in [2.45, 2.75) is 70.7 Å². The third-order valence-corrected chi connectivity index (χ3v) is 5.00. The zero-order valence-electron chi connectivity index (χ0n) is 15.2. The van der Waals surface area contributed by atoms with E-state index in [1.165, 1.54) is 44.3 Å². The van der Waals surface area contributed by atoms with Crippen molar-refractivity contribution in [2.75, 3.05) is 13.1 Å². The van der Waals surface area contributed by atoms with Crippen molar-refractivity contribution in [3.05, 3.63) is 35.4 Å². The second kappa shape index (κ2) is 7.24. The average Bonchev–Trinajstić information content (AvgIpc) is 2.99. The zero-order valence-corrected chi connectivity index (χ0v) is 15.2. The third-order valence-electron chi connectivity index (χ3n) is 5.00. The number of rotatable bonds is 4. The van der Waals surface area contributed by atoms with Gasteiger partial charge in [-0.25, -0.2) is 4.79 Å². The number of piperidine rings is 1. The number of fused-ring (bicyclic) bond motifs is 1. The molecule has 1 aromatic carbocycles. The molecular formula is C20H30N2O2. The van der Waals surface area contributed by atoms with Crippen LogP contribution in [-0.4, -0.2) is 41.6 Å². The van der Waals surface area contributed by atoms with Crippen LogP contribution in [0.15, 0.2) is 24.3 Å². The molecule has 4 heteroatoms. The van der Waals surface area contributed by atoms with E-state index in [-0.39, 0.29) is 5.97 Å². The molecule has 3 rings (SSSR count). The summed E-state index contributed by atoms with van der Waals surface area (Å²) in [6.07, 6.45) is 5.24. The van der Waals surface area contributed by atoms with E-state index in [0.717, 1.165) is 12.6 Å². The summed E-state index contributed by atoms with van der Waals surface area (Å²) in [5, 5.41) is 3.69. The van der Waals surface area contributed by atoms with Crippen LogP contribution in [-0.2, 0) is 11.3 Å². The molecule has 24 heavy (non-hydrogen) atoms. The van der Waals surface area contributed by atoms with E-state index in [1.54, 1.807) is 0 Å². The largest absolute Gasteiger partial charge is 0.456 e. The topological polar surface area (TPSA) is 41.6 Å². The maximum absolute atomic E-state index is 12.0. The summed E-state index contributed by atoms with van der Waals surface area (Å²) in [4.78, 5) is 14.7. The molecule has 2 atom stereocenters. The number of nitrogens with zero attached hydrogens (tertiary/aromatic N) is 1. The average molecular weight is 330 g/mol. The molecule has 2 saturated heterocycles. The molecular weight excluding hydrogens is 300 g/mol. The number of carbonyl (C=O) groups is 1. The Morgan fingerprint density at radius 1 is 1.21 bits per heavy atom. The van der Waals surface area contributed by atoms with E-state index in [9.17, 15) is 4.79 Å². The molecule has 0 bridgehead atoms. The molecule has 1 N–H and O–H groups in total. The first kappa shape index (κ1) is 17.4. The predicted molar refractivity (Wildman–Crippen MR) is 96.1 cm³/mol. The minimum absolute atomic E-state index is 0.254. The van der Waals surface area contributed by atoms with Gasteiger partial charge in [-0.2, -0.15) is 0 Å². The fraction of sp³-hybridized carbons (Fsp3) is 0.650. The Labute approximate surface area is 145 Å². The molecule has 0 unspecified atom stereocenters. The summed E-state index contributed by atoms with van der Waals surface area (Å²) in [6.45, 7) is 9.06. The van der Waals surface area contributed by atoms with Crippen molar-refractivity contribution >= 4 is 5.97 Å². The van der Waals surface area contributed by atoms with Crippen LogP contribution in [0, 0.1) is 0 Å². The Bertz CT molecular complexity index is 562. The molecule has 2 aliphatic heterocycles. The van der Waals surface area contributed by atoms with E-state index in [4.69, 9.17) is 4.74 Å². The lowest BCUT2D eigenvalue weighted by molar-refractivity contribution is 0.00695. The SMILES string of the molecule is CC(C)(C)OC(=O)c1ccc(CN[C@@H]2CCN3CCC[C@H]3C2)cc1. The quantitative estimate of drug-likeness (QED) is 0.860. The van der Waals surface area contributed by atoms with Gasteiger partial charge in [0.05, 0.1) is 5.56 Å². The highest BCUT2D eigenvalue weighted by atomic mass is 16.6. The summed E-state index contributed by atoms with van der Waals surface area (Å²) in [5.41, 5.74) is 1.39. The Balaban J connectivity index is 1.48. The van der Waals surface area contributed by atoms with Crippen molar-refractivity contribution in [1.82, 2.24) is 10.2 Å². The maximum Gasteiger partial charge on any atom is 0.338 e. The number of nitrogens with one attached hydrogen (secondary N) is 1. The third kappa shape index (κ3) is 4.58. The second-order valence-electron chi connectivity index (χ2n) is 8.13. The maximum atomic E-state index is 12.0. The lowest BCUT2D eigenvalue weighted by atomic mass is 9.97. The van der Waals surface area contributed by atoms with Gasteiger partial charge in [0, 0.05) is 18.6 Å². The van der Waals surface area contributed by atoms with Crippen LogP contribution in [0.5, 0.6) is 0 Å². The number of benzene rings is 1. The highest BCUT2D eigenvalue weighted by Crippen LogP contribution is 2.27. The van der Waals surface area contributed by atoms with Gasteiger partial charge in [-0.15, -0.1) is 0 Å². The normalized spacial score (nSPS) is 24.6. The van der Waals surface area contributed by atoms with Gasteiger partial charge in [0.1, 0.15) is 5.60 Å². The Hall–Kier alpha value is -1.39. The van der Waals surface area contributed by atoms with Crippen molar-refractivity contribution < 1.29 is 9.53 Å². The summed E-state index contributed by atoms with van der Waals surface area (Å²) < 4.78 is 5.40. The molecule has 0 aliphatic carbocycles. The van der Waals surface area contributed by atoms with Gasteiger partial charge in [-0.1, -0.05) is 12.1 Å². The van der Waals surface area contributed by atoms with Crippen molar-refractivity contribution in [3.8, 4) is 0 Å². The summed E-state index contributed by atoms with van der Waals surface area (Å²) >= 11 is 0. The molecule has 132 valence electrons. The molecule has 0 saturated carbocycles. The number of ether oxygens (including phenoxy) is 1. The van der Waals surface area contributed by atoms with Crippen LogP contribution in [0.1, 0.15) is 62.4 Å². The molecule has 2 fully saturated rings. The minimum atomic E-state index is -0.452. The Morgan fingerprint density at radius 3 is 2.67 bits per heavy atom. The highest BCUT2D eigenvalue weighted by Gasteiger charge is 2.31. The van der Waals surface area contributed by atoms with E-state index in [0.29, 0.717) is 11.6 Å². The van der Waals surface area contributed by atoms with Crippen LogP contribution in [0.25, 0.3) is 0 Å². The van der Waals surface area contributed by atoms with Crippen LogP contribution in [0.4, 0.5) is 0 Å². The van der Waals surface area contributed by atoms with E-state index < -0.39 is 5.60 Å². The first-order valence-electron chi connectivity index (χ1n) is 9.20. The van der Waals surface area contributed by atoms with Crippen LogP contribution in [0.3, 0.4) is 0 Å². The Kier molecular flexibility index (Phi) is 5.26. The molecule has 0 spiro atoms. The van der Waals surface area contributed by atoms with Gasteiger partial charge in [0.2, 0.25) is 0 Å².